The van der Waals surface area contributed by atoms with E-state index in [1.165, 1.54) is 69.2 Å². The van der Waals surface area contributed by atoms with Gasteiger partial charge in [-0.15, -0.1) is 11.3 Å². The van der Waals surface area contributed by atoms with E-state index in [4.69, 9.17) is 4.98 Å². The van der Waals surface area contributed by atoms with Crippen molar-refractivity contribution in [3.8, 4) is 22.6 Å². The first kappa shape index (κ1) is 26.8. The molecular formula is C45H27N3S. The largest absolute Gasteiger partial charge is 0.307 e. The van der Waals surface area contributed by atoms with E-state index in [0.717, 1.165) is 28.1 Å². The van der Waals surface area contributed by atoms with Gasteiger partial charge < -0.3 is 9.13 Å². The molecule has 228 valence electrons. The Morgan fingerprint density at radius 3 is 1.61 bits per heavy atom. The molecule has 0 saturated carbocycles. The maximum absolute atomic E-state index is 5.30. The number of hydrogen-bond donors (Lipinski definition) is 0. The lowest BCUT2D eigenvalue weighted by Gasteiger charge is -2.13. The summed E-state index contributed by atoms with van der Waals surface area (Å²) in [6.07, 6.45) is 0. The Kier molecular flexibility index (Phi) is 5.54. The Bertz CT molecular complexity index is 3090. The van der Waals surface area contributed by atoms with Crippen molar-refractivity contribution in [1.29, 1.82) is 0 Å². The second-order valence-electron chi connectivity index (χ2n) is 12.7. The van der Waals surface area contributed by atoms with Crippen molar-refractivity contribution < 1.29 is 0 Å². The predicted octanol–water partition coefficient (Wildman–Crippen LogP) is 12.5. The highest BCUT2D eigenvalue weighted by Crippen LogP contribution is 2.44. The molecule has 4 heteroatoms. The third-order valence-corrected chi connectivity index (χ3v) is 11.3. The van der Waals surface area contributed by atoms with E-state index in [2.05, 4.69) is 173 Å². The van der Waals surface area contributed by atoms with Gasteiger partial charge in [0.25, 0.3) is 0 Å². The Morgan fingerprint density at radius 1 is 0.408 bits per heavy atom. The van der Waals surface area contributed by atoms with E-state index in [1.54, 1.807) is 0 Å². The molecule has 0 saturated heterocycles. The van der Waals surface area contributed by atoms with Gasteiger partial charge in [-0.3, -0.25) is 0 Å². The molecule has 49 heavy (non-hydrogen) atoms. The molecular weight excluding hydrogens is 615 g/mol. The van der Waals surface area contributed by atoms with Gasteiger partial charge in [0.05, 0.1) is 33.3 Å². The number of para-hydroxylation sites is 4. The first-order valence-corrected chi connectivity index (χ1v) is 17.5. The minimum Gasteiger partial charge on any atom is -0.307 e. The summed E-state index contributed by atoms with van der Waals surface area (Å²) in [6.45, 7) is 0. The Labute approximate surface area is 285 Å². The minimum absolute atomic E-state index is 1.03. The van der Waals surface area contributed by atoms with Gasteiger partial charge in [-0.25, -0.2) is 4.98 Å². The Balaban J connectivity index is 1.21. The van der Waals surface area contributed by atoms with Crippen LogP contribution >= 0.6 is 11.3 Å². The predicted molar refractivity (Wildman–Crippen MR) is 209 cm³/mol. The lowest BCUT2D eigenvalue weighted by atomic mass is 10.0. The summed E-state index contributed by atoms with van der Waals surface area (Å²) in [5.41, 5.74) is 10.3. The number of pyridine rings is 1. The fraction of sp³-hybridized carbons (Fsp3) is 0. The van der Waals surface area contributed by atoms with E-state index in [9.17, 15) is 0 Å². The van der Waals surface area contributed by atoms with Gasteiger partial charge in [-0.1, -0.05) is 115 Å². The fourth-order valence-electron chi connectivity index (χ4n) is 8.00. The minimum atomic E-state index is 1.03. The summed E-state index contributed by atoms with van der Waals surface area (Å²) in [6, 6.07) is 59.2. The number of thiophene rings is 1. The van der Waals surface area contributed by atoms with Crippen LogP contribution in [0.5, 0.6) is 0 Å². The molecule has 0 amide bonds. The molecule has 0 radical (unpaired) electrons. The zero-order valence-corrected chi connectivity index (χ0v) is 27.2. The van der Waals surface area contributed by atoms with Crippen LogP contribution in [-0.4, -0.2) is 14.1 Å². The molecule has 0 fully saturated rings. The fourth-order valence-corrected chi connectivity index (χ4v) is 9.24. The second kappa shape index (κ2) is 10.1. The standard InChI is InChI=1S/C45H27N3S/c1-2-12-29(13-3-1)47-38-19-9-5-14-31(38)33-26-27-34-32-15-6-10-20-39(32)48(44(34)43(33)47)30-24-22-28(23-25-30)42-41-36-17-7-11-21-40(36)49-45(41)35-16-4-8-18-37(35)46-42/h1-27H. The van der Waals surface area contributed by atoms with Gasteiger partial charge in [0.1, 0.15) is 0 Å². The van der Waals surface area contributed by atoms with Crippen molar-refractivity contribution in [3.05, 3.63) is 164 Å². The van der Waals surface area contributed by atoms with Crippen LogP contribution in [-0.2, 0) is 0 Å². The zero-order chi connectivity index (χ0) is 32.1. The van der Waals surface area contributed by atoms with E-state index >= 15 is 0 Å². The van der Waals surface area contributed by atoms with Gasteiger partial charge in [0.15, 0.2) is 0 Å². The average molecular weight is 642 g/mol. The van der Waals surface area contributed by atoms with Crippen LogP contribution in [0.1, 0.15) is 0 Å². The van der Waals surface area contributed by atoms with Gasteiger partial charge in [-0.05, 0) is 48.5 Å². The van der Waals surface area contributed by atoms with Crippen LogP contribution in [0.15, 0.2) is 164 Å². The number of nitrogens with zero attached hydrogens (tertiary/aromatic N) is 3. The number of rotatable bonds is 3. The van der Waals surface area contributed by atoms with Crippen LogP contribution in [0.25, 0.3) is 97.3 Å². The number of benzene rings is 7. The second-order valence-corrected chi connectivity index (χ2v) is 13.8. The van der Waals surface area contributed by atoms with Gasteiger partial charge in [-0.2, -0.15) is 0 Å². The van der Waals surface area contributed by atoms with E-state index in [-0.39, 0.29) is 0 Å². The van der Waals surface area contributed by atoms with Gasteiger partial charge in [0.2, 0.25) is 0 Å². The number of hydrogen-bond acceptors (Lipinski definition) is 2. The molecule has 0 N–H and O–H groups in total. The van der Waals surface area contributed by atoms with Crippen molar-refractivity contribution in [2.45, 2.75) is 0 Å². The molecule has 0 spiro atoms. The highest BCUT2D eigenvalue weighted by molar-refractivity contribution is 7.26. The van der Waals surface area contributed by atoms with E-state index in [0.29, 0.717) is 0 Å². The first-order chi connectivity index (χ1) is 24.3. The third kappa shape index (κ3) is 3.75. The highest BCUT2D eigenvalue weighted by atomic mass is 32.1. The average Bonchev–Trinajstić information content (AvgIpc) is 3.83. The third-order valence-electron chi connectivity index (χ3n) is 10.1. The lowest BCUT2D eigenvalue weighted by molar-refractivity contribution is 1.15. The van der Waals surface area contributed by atoms with E-state index in [1.807, 2.05) is 11.3 Å². The van der Waals surface area contributed by atoms with Crippen LogP contribution in [0.4, 0.5) is 0 Å². The molecule has 4 heterocycles. The summed E-state index contributed by atoms with van der Waals surface area (Å²) < 4.78 is 7.48. The van der Waals surface area contributed by atoms with Crippen LogP contribution < -0.4 is 0 Å². The van der Waals surface area contributed by atoms with E-state index < -0.39 is 0 Å². The highest BCUT2D eigenvalue weighted by Gasteiger charge is 2.21. The van der Waals surface area contributed by atoms with Crippen LogP contribution in [0.3, 0.4) is 0 Å². The summed E-state index contributed by atoms with van der Waals surface area (Å²) in [4.78, 5) is 5.30. The monoisotopic (exact) mass is 641 g/mol. The molecule has 4 aromatic heterocycles. The first-order valence-electron chi connectivity index (χ1n) is 16.6. The topological polar surface area (TPSA) is 22.8 Å². The maximum Gasteiger partial charge on any atom is 0.0802 e. The molecule has 3 nitrogen and oxygen atoms in total. The molecule has 0 aliphatic carbocycles. The van der Waals surface area contributed by atoms with Crippen molar-refractivity contribution in [2.75, 3.05) is 0 Å². The molecule has 0 atom stereocenters. The molecule has 0 bridgehead atoms. The van der Waals surface area contributed by atoms with Crippen molar-refractivity contribution in [3.63, 3.8) is 0 Å². The van der Waals surface area contributed by atoms with Crippen molar-refractivity contribution in [2.24, 2.45) is 0 Å². The van der Waals surface area contributed by atoms with Gasteiger partial charge in [0, 0.05) is 64.0 Å². The Morgan fingerprint density at radius 2 is 0.939 bits per heavy atom. The normalized spacial score (nSPS) is 12.1. The quantitative estimate of drug-likeness (QED) is 0.188. The Hall–Kier alpha value is -6.23. The van der Waals surface area contributed by atoms with Crippen LogP contribution in [0.2, 0.25) is 0 Å². The molecule has 0 unspecified atom stereocenters. The lowest BCUT2D eigenvalue weighted by Crippen LogP contribution is -1.98. The summed E-state index contributed by atoms with van der Waals surface area (Å²) in [5, 5.41) is 8.70. The summed E-state index contributed by atoms with van der Waals surface area (Å²) >= 11 is 1.86. The molecule has 7 aromatic carbocycles. The van der Waals surface area contributed by atoms with Crippen molar-refractivity contribution >= 4 is 86.0 Å². The molecule has 11 aromatic rings. The zero-order valence-electron chi connectivity index (χ0n) is 26.3. The SMILES string of the molecule is c1ccc(-n2c3ccccc3c3ccc4c5ccccc5n(-c5ccc(-c6nc7ccccc7c7sc8ccccc8c67)cc5)c4c32)cc1. The molecule has 11 rings (SSSR count). The smallest absolute Gasteiger partial charge is 0.0802 e. The number of fused-ring (bicyclic) bond motifs is 12. The summed E-state index contributed by atoms with van der Waals surface area (Å²) in [5.74, 6) is 0. The molecule has 0 aliphatic heterocycles. The van der Waals surface area contributed by atoms with Crippen LogP contribution in [0, 0.1) is 0 Å². The van der Waals surface area contributed by atoms with Crippen molar-refractivity contribution in [1.82, 2.24) is 14.1 Å². The summed E-state index contributed by atoms with van der Waals surface area (Å²) in [7, 11) is 0. The molecule has 0 aliphatic rings. The maximum atomic E-state index is 5.30. The number of aromatic nitrogens is 3. The van der Waals surface area contributed by atoms with Gasteiger partial charge >= 0.3 is 0 Å².